The third kappa shape index (κ3) is 2.47. The maximum Gasteiger partial charge on any atom is 0.0484 e. The molecule has 0 saturated heterocycles. The molecule has 1 aliphatic heterocycles. The molecular formula is C18H19NO. The molecule has 0 radical (unpaired) electrons. The summed E-state index contributed by atoms with van der Waals surface area (Å²) >= 11 is 0. The zero-order valence-electron chi connectivity index (χ0n) is 11.5. The van der Waals surface area contributed by atoms with E-state index in [1.165, 1.54) is 22.5 Å². The van der Waals surface area contributed by atoms with Crippen LogP contribution in [0.3, 0.4) is 0 Å². The first-order valence-corrected chi connectivity index (χ1v) is 7.15. The Labute approximate surface area is 120 Å². The van der Waals surface area contributed by atoms with Gasteiger partial charge in [-0.1, -0.05) is 48.6 Å². The smallest absolute Gasteiger partial charge is 0.0484 e. The van der Waals surface area contributed by atoms with E-state index in [-0.39, 0.29) is 6.61 Å². The summed E-state index contributed by atoms with van der Waals surface area (Å²) in [7, 11) is 0. The lowest BCUT2D eigenvalue weighted by Gasteiger charge is -2.26. The Bertz CT molecular complexity index is 569. The average Bonchev–Trinajstić information content (AvgIpc) is 2.66. The molecule has 0 aliphatic carbocycles. The summed E-state index contributed by atoms with van der Waals surface area (Å²) in [5.74, 6) is 0. The molecule has 1 heterocycles. The summed E-state index contributed by atoms with van der Waals surface area (Å²) in [6.07, 6.45) is 6.19. The third-order valence-corrected chi connectivity index (χ3v) is 3.69. The molecule has 1 N–H and O–H groups in total. The van der Waals surface area contributed by atoms with Crippen LogP contribution >= 0.6 is 0 Å². The zero-order chi connectivity index (χ0) is 13.8. The van der Waals surface area contributed by atoms with Gasteiger partial charge in [-0.25, -0.2) is 0 Å². The minimum absolute atomic E-state index is 0.259. The van der Waals surface area contributed by atoms with E-state index in [4.69, 9.17) is 5.11 Å². The molecule has 2 nitrogen and oxygen atoms in total. The number of anilines is 2. The van der Waals surface area contributed by atoms with E-state index in [0.717, 1.165) is 19.4 Å². The number of rotatable bonds is 4. The van der Waals surface area contributed by atoms with Crippen molar-refractivity contribution in [3.8, 4) is 0 Å². The predicted octanol–water partition coefficient (Wildman–Crippen LogP) is 4.08. The van der Waals surface area contributed by atoms with Crippen molar-refractivity contribution in [2.75, 3.05) is 18.1 Å². The van der Waals surface area contributed by atoms with Crippen molar-refractivity contribution in [3.05, 3.63) is 59.7 Å². The molecule has 2 heteroatoms. The van der Waals surface area contributed by atoms with E-state index in [1.807, 2.05) is 0 Å². The van der Waals surface area contributed by atoms with Crippen molar-refractivity contribution in [1.29, 1.82) is 0 Å². The number of unbranched alkanes of at least 4 members (excludes halogenated alkanes) is 1. The Kier molecular flexibility index (Phi) is 3.84. The Morgan fingerprint density at radius 1 is 0.750 bits per heavy atom. The lowest BCUT2D eigenvalue weighted by molar-refractivity contribution is 0.285. The molecule has 0 bridgehead atoms. The minimum atomic E-state index is 0.259. The standard InChI is InChI=1S/C18H19NO/c20-14-6-5-13-19-17-9-3-1-7-15(17)11-12-16-8-2-4-10-18(16)19/h1-4,7-12,20H,5-6,13-14H2. The predicted molar refractivity (Wildman–Crippen MR) is 85.1 cm³/mol. The van der Waals surface area contributed by atoms with Gasteiger partial charge in [0, 0.05) is 24.5 Å². The number of benzene rings is 2. The maximum atomic E-state index is 9.01. The summed E-state index contributed by atoms with van der Waals surface area (Å²) in [6.45, 7) is 1.19. The highest BCUT2D eigenvalue weighted by Crippen LogP contribution is 2.36. The van der Waals surface area contributed by atoms with Crippen LogP contribution in [-0.4, -0.2) is 18.3 Å². The van der Waals surface area contributed by atoms with Crippen LogP contribution in [0.2, 0.25) is 0 Å². The summed E-state index contributed by atoms with van der Waals surface area (Å²) in [5, 5.41) is 9.01. The second kappa shape index (κ2) is 5.93. The largest absolute Gasteiger partial charge is 0.396 e. The van der Waals surface area contributed by atoms with Crippen LogP contribution < -0.4 is 4.90 Å². The molecule has 2 aromatic rings. The third-order valence-electron chi connectivity index (χ3n) is 3.69. The van der Waals surface area contributed by atoms with Crippen molar-refractivity contribution < 1.29 is 5.11 Å². The van der Waals surface area contributed by atoms with E-state index >= 15 is 0 Å². The normalized spacial score (nSPS) is 12.8. The summed E-state index contributed by atoms with van der Waals surface area (Å²) < 4.78 is 0. The van der Waals surface area contributed by atoms with Gasteiger partial charge in [0.15, 0.2) is 0 Å². The number of aliphatic hydroxyl groups is 1. The molecule has 20 heavy (non-hydrogen) atoms. The van der Waals surface area contributed by atoms with Gasteiger partial charge in [-0.3, -0.25) is 0 Å². The van der Waals surface area contributed by atoms with Gasteiger partial charge in [-0.15, -0.1) is 0 Å². The quantitative estimate of drug-likeness (QED) is 0.842. The maximum absolute atomic E-state index is 9.01. The van der Waals surface area contributed by atoms with Crippen LogP contribution in [0.1, 0.15) is 24.0 Å². The Morgan fingerprint density at radius 2 is 1.30 bits per heavy atom. The number of hydrogen-bond donors (Lipinski definition) is 1. The molecule has 0 spiro atoms. The number of hydrogen-bond acceptors (Lipinski definition) is 2. The van der Waals surface area contributed by atoms with E-state index in [0.29, 0.717) is 0 Å². The Morgan fingerprint density at radius 3 is 1.85 bits per heavy atom. The monoisotopic (exact) mass is 265 g/mol. The molecular weight excluding hydrogens is 246 g/mol. The molecule has 0 aromatic heterocycles. The van der Waals surface area contributed by atoms with Crippen molar-refractivity contribution in [3.63, 3.8) is 0 Å². The number of para-hydroxylation sites is 2. The fourth-order valence-electron chi connectivity index (χ4n) is 2.68. The highest BCUT2D eigenvalue weighted by atomic mass is 16.2. The second-order valence-corrected chi connectivity index (χ2v) is 5.03. The topological polar surface area (TPSA) is 23.5 Å². The first-order chi connectivity index (χ1) is 9.90. The molecule has 0 fully saturated rings. The Hall–Kier alpha value is -2.06. The fraction of sp³-hybridized carbons (Fsp3) is 0.222. The highest BCUT2D eigenvalue weighted by Gasteiger charge is 2.16. The lowest BCUT2D eigenvalue weighted by Crippen LogP contribution is -2.19. The van der Waals surface area contributed by atoms with Gasteiger partial charge in [-0.05, 0) is 36.1 Å². The van der Waals surface area contributed by atoms with Crippen molar-refractivity contribution in [2.45, 2.75) is 12.8 Å². The molecule has 102 valence electrons. The van der Waals surface area contributed by atoms with Gasteiger partial charge in [0.25, 0.3) is 0 Å². The molecule has 0 atom stereocenters. The van der Waals surface area contributed by atoms with Crippen LogP contribution in [0.25, 0.3) is 12.2 Å². The number of aliphatic hydroxyl groups excluding tert-OH is 1. The molecule has 0 unspecified atom stereocenters. The van der Waals surface area contributed by atoms with Gasteiger partial charge in [0.05, 0.1) is 0 Å². The van der Waals surface area contributed by atoms with Crippen LogP contribution in [0.5, 0.6) is 0 Å². The van der Waals surface area contributed by atoms with Crippen molar-refractivity contribution in [2.24, 2.45) is 0 Å². The van der Waals surface area contributed by atoms with Gasteiger partial charge >= 0.3 is 0 Å². The highest BCUT2D eigenvalue weighted by molar-refractivity contribution is 5.88. The molecule has 0 amide bonds. The lowest BCUT2D eigenvalue weighted by atomic mass is 10.1. The summed E-state index contributed by atoms with van der Waals surface area (Å²) in [4.78, 5) is 2.36. The molecule has 0 saturated carbocycles. The van der Waals surface area contributed by atoms with Gasteiger partial charge in [0.1, 0.15) is 0 Å². The van der Waals surface area contributed by atoms with E-state index in [9.17, 15) is 0 Å². The van der Waals surface area contributed by atoms with Gasteiger partial charge < -0.3 is 10.0 Å². The minimum Gasteiger partial charge on any atom is -0.396 e. The van der Waals surface area contributed by atoms with Crippen LogP contribution in [0, 0.1) is 0 Å². The van der Waals surface area contributed by atoms with E-state index < -0.39 is 0 Å². The Balaban J connectivity index is 2.03. The van der Waals surface area contributed by atoms with Crippen LogP contribution in [-0.2, 0) is 0 Å². The molecule has 1 aliphatic rings. The SMILES string of the molecule is OCCCCN1c2ccccc2C=Cc2ccccc21. The second-order valence-electron chi connectivity index (χ2n) is 5.03. The van der Waals surface area contributed by atoms with E-state index in [2.05, 4.69) is 65.6 Å². The van der Waals surface area contributed by atoms with E-state index in [1.54, 1.807) is 0 Å². The summed E-state index contributed by atoms with van der Waals surface area (Å²) in [6, 6.07) is 16.9. The first kappa shape index (κ1) is 12.9. The van der Waals surface area contributed by atoms with Gasteiger partial charge in [-0.2, -0.15) is 0 Å². The zero-order valence-corrected chi connectivity index (χ0v) is 11.5. The van der Waals surface area contributed by atoms with Crippen LogP contribution in [0.4, 0.5) is 11.4 Å². The van der Waals surface area contributed by atoms with Crippen molar-refractivity contribution >= 4 is 23.5 Å². The summed E-state index contributed by atoms with van der Waals surface area (Å²) in [5.41, 5.74) is 4.97. The number of nitrogens with zero attached hydrogens (tertiary/aromatic N) is 1. The average molecular weight is 265 g/mol. The molecule has 3 rings (SSSR count). The number of fused-ring (bicyclic) bond motifs is 2. The first-order valence-electron chi connectivity index (χ1n) is 7.15. The fourth-order valence-corrected chi connectivity index (χ4v) is 2.68. The van der Waals surface area contributed by atoms with Crippen molar-refractivity contribution in [1.82, 2.24) is 0 Å². The molecule has 2 aromatic carbocycles. The van der Waals surface area contributed by atoms with Crippen LogP contribution in [0.15, 0.2) is 48.5 Å². The van der Waals surface area contributed by atoms with Gasteiger partial charge in [0.2, 0.25) is 0 Å².